The molecule has 0 spiro atoms. The number of aryl methyl sites for hydroxylation is 1. The van der Waals surface area contributed by atoms with Crippen LogP contribution in [0.4, 0.5) is 0 Å². The van der Waals surface area contributed by atoms with Crippen LogP contribution in [0.5, 0.6) is 11.5 Å². The van der Waals surface area contributed by atoms with Gasteiger partial charge >= 0.3 is 0 Å². The number of hydrogen-bond acceptors (Lipinski definition) is 6. The Morgan fingerprint density at radius 3 is 2.79 bits per heavy atom. The summed E-state index contributed by atoms with van der Waals surface area (Å²) < 4.78 is 15.9. The van der Waals surface area contributed by atoms with Crippen LogP contribution in [0.2, 0.25) is 0 Å². The number of methoxy groups -OCH3 is 1. The summed E-state index contributed by atoms with van der Waals surface area (Å²) in [7, 11) is 3.51. The smallest absolute Gasteiger partial charge is 0.264 e. The summed E-state index contributed by atoms with van der Waals surface area (Å²) in [6.07, 6.45) is 0. The van der Waals surface area contributed by atoms with Crippen molar-refractivity contribution in [1.82, 2.24) is 15.5 Å². The van der Waals surface area contributed by atoms with Crippen LogP contribution in [0.3, 0.4) is 0 Å². The molecule has 1 aromatic heterocycles. The van der Waals surface area contributed by atoms with Gasteiger partial charge in [0.25, 0.3) is 5.89 Å². The number of aromatic nitrogens is 2. The fraction of sp³-hybridized carbons (Fsp3) is 0.385. The first-order valence-electron chi connectivity index (χ1n) is 5.96. The Bertz CT molecular complexity index is 540. The predicted octanol–water partition coefficient (Wildman–Crippen LogP) is 1.69. The van der Waals surface area contributed by atoms with E-state index in [2.05, 4.69) is 15.5 Å². The second-order valence-electron chi connectivity index (χ2n) is 4.04. The zero-order chi connectivity index (χ0) is 13.7. The molecule has 1 aromatic carbocycles. The van der Waals surface area contributed by atoms with Gasteiger partial charge < -0.3 is 19.3 Å². The summed E-state index contributed by atoms with van der Waals surface area (Å²) in [5.41, 5.74) is 1.13. The van der Waals surface area contributed by atoms with Gasteiger partial charge in [-0.15, -0.1) is 0 Å². The molecule has 1 heterocycles. The minimum absolute atomic E-state index is 0.225. The van der Waals surface area contributed by atoms with Gasteiger partial charge in [0, 0.05) is 6.54 Å². The highest BCUT2D eigenvalue weighted by molar-refractivity contribution is 5.42. The maximum atomic E-state index is 5.62. The lowest BCUT2D eigenvalue weighted by molar-refractivity contribution is 0.233. The minimum Gasteiger partial charge on any atom is -0.493 e. The number of nitrogens with one attached hydrogen (secondary N) is 1. The van der Waals surface area contributed by atoms with Crippen LogP contribution in [0.15, 0.2) is 22.7 Å². The van der Waals surface area contributed by atoms with Crippen molar-refractivity contribution in [3.63, 3.8) is 0 Å². The third-order valence-corrected chi connectivity index (χ3v) is 2.53. The van der Waals surface area contributed by atoms with E-state index in [4.69, 9.17) is 14.0 Å². The summed E-state index contributed by atoms with van der Waals surface area (Å²) in [6.45, 7) is 2.77. The van der Waals surface area contributed by atoms with Crippen LogP contribution in [-0.2, 0) is 13.2 Å². The summed E-state index contributed by atoms with van der Waals surface area (Å²) in [5, 5.41) is 6.79. The summed E-state index contributed by atoms with van der Waals surface area (Å²) in [4.78, 5) is 4.07. The number of ether oxygens (including phenoxy) is 2. The second-order valence-corrected chi connectivity index (χ2v) is 4.04. The number of hydrogen-bond donors (Lipinski definition) is 1. The molecular formula is C13H17N3O3. The van der Waals surface area contributed by atoms with Crippen molar-refractivity contribution in [3.05, 3.63) is 35.5 Å². The van der Waals surface area contributed by atoms with Crippen molar-refractivity contribution >= 4 is 0 Å². The Morgan fingerprint density at radius 1 is 1.32 bits per heavy atom. The molecule has 0 atom stereocenters. The third kappa shape index (κ3) is 3.45. The Morgan fingerprint density at radius 2 is 2.16 bits per heavy atom. The van der Waals surface area contributed by atoms with Gasteiger partial charge in [-0.2, -0.15) is 4.98 Å². The van der Waals surface area contributed by atoms with Crippen molar-refractivity contribution in [1.29, 1.82) is 0 Å². The molecule has 0 aliphatic rings. The van der Waals surface area contributed by atoms with Crippen molar-refractivity contribution in [2.24, 2.45) is 0 Å². The molecule has 0 saturated carbocycles. The Labute approximate surface area is 111 Å². The summed E-state index contributed by atoms with van der Waals surface area (Å²) in [5.74, 6) is 2.37. The lowest BCUT2D eigenvalue weighted by atomic mass is 10.2. The van der Waals surface area contributed by atoms with Crippen LogP contribution >= 0.6 is 0 Å². The predicted molar refractivity (Wildman–Crippen MR) is 69.1 cm³/mol. The van der Waals surface area contributed by atoms with E-state index in [1.165, 1.54) is 0 Å². The molecular weight excluding hydrogens is 246 g/mol. The van der Waals surface area contributed by atoms with Crippen LogP contribution in [0, 0.1) is 6.92 Å². The molecule has 0 fully saturated rings. The number of rotatable bonds is 6. The lowest BCUT2D eigenvalue weighted by Gasteiger charge is -2.10. The van der Waals surface area contributed by atoms with E-state index in [1.807, 2.05) is 25.2 Å². The number of nitrogens with zero attached hydrogens (tertiary/aromatic N) is 2. The van der Waals surface area contributed by atoms with Crippen molar-refractivity contribution in [2.75, 3.05) is 14.2 Å². The monoisotopic (exact) mass is 263 g/mol. The van der Waals surface area contributed by atoms with E-state index in [-0.39, 0.29) is 6.61 Å². The number of benzene rings is 1. The average molecular weight is 263 g/mol. The zero-order valence-electron chi connectivity index (χ0n) is 11.3. The van der Waals surface area contributed by atoms with E-state index < -0.39 is 0 Å². The molecule has 2 aromatic rings. The van der Waals surface area contributed by atoms with Crippen LogP contribution in [0.1, 0.15) is 17.3 Å². The fourth-order valence-corrected chi connectivity index (χ4v) is 1.68. The van der Waals surface area contributed by atoms with E-state index in [9.17, 15) is 0 Å². The minimum atomic E-state index is 0.225. The Balaban J connectivity index is 2.06. The highest BCUT2D eigenvalue weighted by atomic mass is 16.5. The third-order valence-electron chi connectivity index (χ3n) is 2.53. The van der Waals surface area contributed by atoms with Gasteiger partial charge in [0.05, 0.1) is 7.11 Å². The molecule has 6 heteroatoms. The van der Waals surface area contributed by atoms with E-state index in [0.29, 0.717) is 23.2 Å². The van der Waals surface area contributed by atoms with Crippen LogP contribution in [0.25, 0.3) is 0 Å². The highest BCUT2D eigenvalue weighted by Gasteiger charge is 2.08. The van der Waals surface area contributed by atoms with Gasteiger partial charge in [0.1, 0.15) is 0 Å². The lowest BCUT2D eigenvalue weighted by Crippen LogP contribution is -2.05. The van der Waals surface area contributed by atoms with Crippen molar-refractivity contribution in [2.45, 2.75) is 20.1 Å². The second kappa shape index (κ2) is 6.19. The van der Waals surface area contributed by atoms with Crippen LogP contribution in [-0.4, -0.2) is 24.3 Å². The molecule has 1 N–H and O–H groups in total. The summed E-state index contributed by atoms with van der Waals surface area (Å²) >= 11 is 0. The first-order chi connectivity index (χ1) is 9.22. The molecule has 0 unspecified atom stereocenters. The molecule has 0 aliphatic heterocycles. The molecule has 0 aliphatic carbocycles. The largest absolute Gasteiger partial charge is 0.493 e. The first kappa shape index (κ1) is 13.4. The van der Waals surface area contributed by atoms with Crippen molar-refractivity contribution < 1.29 is 14.0 Å². The quantitative estimate of drug-likeness (QED) is 0.855. The van der Waals surface area contributed by atoms with Crippen LogP contribution < -0.4 is 14.8 Å². The van der Waals surface area contributed by atoms with Gasteiger partial charge in [0.2, 0.25) is 0 Å². The first-order valence-corrected chi connectivity index (χ1v) is 5.96. The molecule has 102 valence electrons. The molecule has 0 saturated heterocycles. The van der Waals surface area contributed by atoms with E-state index in [0.717, 1.165) is 12.1 Å². The topological polar surface area (TPSA) is 69.4 Å². The molecule has 0 bridgehead atoms. The SMILES string of the molecule is CNCc1ccc(OCc2nc(C)no2)c(OC)c1. The van der Waals surface area contributed by atoms with Gasteiger partial charge in [-0.3, -0.25) is 0 Å². The molecule has 0 radical (unpaired) electrons. The average Bonchev–Trinajstić information content (AvgIpc) is 2.83. The zero-order valence-corrected chi connectivity index (χ0v) is 11.3. The molecule has 19 heavy (non-hydrogen) atoms. The Hall–Kier alpha value is -2.08. The highest BCUT2D eigenvalue weighted by Crippen LogP contribution is 2.28. The normalized spacial score (nSPS) is 10.5. The maximum Gasteiger partial charge on any atom is 0.264 e. The standard InChI is InChI=1S/C13H17N3O3/c1-9-15-13(19-16-9)8-18-11-5-4-10(7-14-2)6-12(11)17-3/h4-6,14H,7-8H2,1-3H3. The maximum absolute atomic E-state index is 5.62. The molecule has 6 nitrogen and oxygen atoms in total. The van der Waals surface area contributed by atoms with Gasteiger partial charge in [0.15, 0.2) is 23.9 Å². The molecule has 2 rings (SSSR count). The van der Waals surface area contributed by atoms with Gasteiger partial charge in [-0.05, 0) is 31.7 Å². The fourth-order valence-electron chi connectivity index (χ4n) is 1.68. The summed E-state index contributed by atoms with van der Waals surface area (Å²) in [6, 6.07) is 5.78. The van der Waals surface area contributed by atoms with Crippen molar-refractivity contribution in [3.8, 4) is 11.5 Å². The Kier molecular flexibility index (Phi) is 4.35. The molecule has 0 amide bonds. The van der Waals surface area contributed by atoms with E-state index in [1.54, 1.807) is 14.0 Å². The van der Waals surface area contributed by atoms with Gasteiger partial charge in [-0.1, -0.05) is 11.2 Å². The van der Waals surface area contributed by atoms with E-state index >= 15 is 0 Å². The van der Waals surface area contributed by atoms with Gasteiger partial charge in [-0.25, -0.2) is 0 Å².